The fourth-order valence-corrected chi connectivity index (χ4v) is 5.48. The average Bonchev–Trinajstić information content (AvgIpc) is 2.85. The quantitative estimate of drug-likeness (QED) is 0.660. The summed E-state index contributed by atoms with van der Waals surface area (Å²) in [5.41, 5.74) is 2.30. The minimum atomic E-state index is -0.343. The van der Waals surface area contributed by atoms with Crippen molar-refractivity contribution in [3.05, 3.63) is 65.5 Å². The van der Waals surface area contributed by atoms with Crippen LogP contribution in [0.5, 0.6) is 0 Å². The van der Waals surface area contributed by atoms with Gasteiger partial charge in [-0.2, -0.15) is 0 Å². The Morgan fingerprint density at radius 2 is 1.94 bits per heavy atom. The summed E-state index contributed by atoms with van der Waals surface area (Å²) in [6, 6.07) is 14.7. The number of benzene rings is 2. The van der Waals surface area contributed by atoms with E-state index in [0.29, 0.717) is 25.2 Å². The molecule has 0 saturated carbocycles. The molecule has 2 aromatic carbocycles. The van der Waals surface area contributed by atoms with E-state index in [-0.39, 0.29) is 47.7 Å². The summed E-state index contributed by atoms with van der Waals surface area (Å²) in [5.74, 6) is -0.499. The average molecular weight is 481 g/mol. The van der Waals surface area contributed by atoms with Crippen LogP contribution in [0, 0.1) is 18.7 Å². The summed E-state index contributed by atoms with van der Waals surface area (Å²) in [6.45, 7) is 10.3. The first-order valence-electron chi connectivity index (χ1n) is 12.6. The normalized spacial score (nSPS) is 23.7. The summed E-state index contributed by atoms with van der Waals surface area (Å²) in [6.07, 6.45) is 1.52. The Kier molecular flexibility index (Phi) is 7.57. The number of halogens is 1. The van der Waals surface area contributed by atoms with Gasteiger partial charge in [0, 0.05) is 36.9 Å². The van der Waals surface area contributed by atoms with Crippen molar-refractivity contribution in [1.82, 2.24) is 15.5 Å². The molecule has 2 saturated heterocycles. The summed E-state index contributed by atoms with van der Waals surface area (Å²) >= 11 is 0. The number of carbonyl (C=O) groups is 2. The zero-order chi connectivity index (χ0) is 25.2. The molecule has 2 fully saturated rings. The Labute approximate surface area is 207 Å². The number of nitrogens with one attached hydrogen (secondary N) is 2. The largest absolute Gasteiger partial charge is 0.349 e. The molecule has 0 unspecified atom stereocenters. The number of piperidine rings is 1. The molecule has 0 aliphatic carbocycles. The highest BCUT2D eigenvalue weighted by molar-refractivity contribution is 5.96. The number of rotatable bonds is 6. The number of hydrogen-bond donors (Lipinski definition) is 2. The lowest BCUT2D eigenvalue weighted by Gasteiger charge is -2.51. The highest BCUT2D eigenvalue weighted by Gasteiger charge is 2.44. The van der Waals surface area contributed by atoms with E-state index in [1.165, 1.54) is 12.1 Å². The van der Waals surface area contributed by atoms with Gasteiger partial charge >= 0.3 is 0 Å². The topological polar surface area (TPSA) is 64.7 Å². The van der Waals surface area contributed by atoms with Gasteiger partial charge in [-0.05, 0) is 56.9 Å². The van der Waals surface area contributed by atoms with E-state index in [4.69, 9.17) is 0 Å². The van der Waals surface area contributed by atoms with Crippen molar-refractivity contribution >= 4 is 17.5 Å². The van der Waals surface area contributed by atoms with Crippen LogP contribution in [-0.4, -0.2) is 54.5 Å². The maximum atomic E-state index is 13.9. The van der Waals surface area contributed by atoms with Crippen molar-refractivity contribution in [3.8, 4) is 0 Å². The van der Waals surface area contributed by atoms with Gasteiger partial charge in [0.15, 0.2) is 0 Å². The van der Waals surface area contributed by atoms with E-state index in [0.717, 1.165) is 24.1 Å². The first-order valence-corrected chi connectivity index (χ1v) is 12.6. The van der Waals surface area contributed by atoms with E-state index in [2.05, 4.69) is 36.3 Å². The molecule has 6 nitrogen and oxygen atoms in total. The van der Waals surface area contributed by atoms with Crippen LogP contribution in [0.1, 0.15) is 50.8 Å². The van der Waals surface area contributed by atoms with Crippen molar-refractivity contribution in [3.63, 3.8) is 0 Å². The van der Waals surface area contributed by atoms with E-state index >= 15 is 0 Å². The molecule has 2 N–H and O–H groups in total. The highest BCUT2D eigenvalue weighted by Crippen LogP contribution is 2.32. The van der Waals surface area contributed by atoms with Gasteiger partial charge in [0.25, 0.3) is 0 Å². The second-order valence-corrected chi connectivity index (χ2v) is 10.5. The van der Waals surface area contributed by atoms with Gasteiger partial charge in [-0.1, -0.05) is 43.3 Å². The molecule has 35 heavy (non-hydrogen) atoms. The van der Waals surface area contributed by atoms with E-state index < -0.39 is 0 Å². The Morgan fingerprint density at radius 1 is 1.20 bits per heavy atom. The van der Waals surface area contributed by atoms with Crippen molar-refractivity contribution in [2.24, 2.45) is 5.92 Å². The van der Waals surface area contributed by atoms with E-state index in [1.54, 1.807) is 11.0 Å². The molecule has 188 valence electrons. The van der Waals surface area contributed by atoms with Crippen molar-refractivity contribution in [2.45, 2.75) is 58.2 Å². The number of piperazine rings is 1. The van der Waals surface area contributed by atoms with Crippen molar-refractivity contribution < 1.29 is 14.0 Å². The Hall–Kier alpha value is -2.77. The minimum absolute atomic E-state index is 0.0138. The fraction of sp³-hybridized carbons (Fsp3) is 0.500. The van der Waals surface area contributed by atoms with Crippen LogP contribution in [0.4, 0.5) is 10.1 Å². The van der Waals surface area contributed by atoms with Crippen LogP contribution in [0.15, 0.2) is 48.5 Å². The summed E-state index contributed by atoms with van der Waals surface area (Å²) in [7, 11) is 0. The predicted octanol–water partition coefficient (Wildman–Crippen LogP) is 3.81. The van der Waals surface area contributed by atoms with Gasteiger partial charge in [-0.25, -0.2) is 4.39 Å². The fourth-order valence-electron chi connectivity index (χ4n) is 5.48. The number of carbonyl (C=O) groups excluding carboxylic acids is 2. The molecule has 0 aromatic heterocycles. The van der Waals surface area contributed by atoms with Gasteiger partial charge in [0.05, 0.1) is 18.5 Å². The van der Waals surface area contributed by atoms with Crippen LogP contribution in [0.2, 0.25) is 0 Å². The maximum Gasteiger partial charge on any atom is 0.241 e. The zero-order valence-corrected chi connectivity index (χ0v) is 21.2. The SMILES string of the molecule is CC[C@@H](NC(=O)[C@@H]1CNC[C@H](N2CC(=O)N(c3cc(F)ccc3C)CC2(C)C)C1)c1ccccc1. The van der Waals surface area contributed by atoms with E-state index in [9.17, 15) is 14.0 Å². The van der Waals surface area contributed by atoms with Crippen molar-refractivity contribution in [1.29, 1.82) is 0 Å². The molecule has 2 heterocycles. The van der Waals surface area contributed by atoms with Gasteiger partial charge in [0.2, 0.25) is 11.8 Å². The van der Waals surface area contributed by atoms with Crippen molar-refractivity contribution in [2.75, 3.05) is 31.1 Å². The lowest BCUT2D eigenvalue weighted by atomic mass is 9.88. The number of hydrogen-bond acceptors (Lipinski definition) is 4. The number of aryl methyl sites for hydroxylation is 1. The lowest BCUT2D eigenvalue weighted by Crippen LogP contribution is -2.67. The molecule has 0 spiro atoms. The third kappa shape index (κ3) is 5.57. The second kappa shape index (κ2) is 10.5. The molecule has 2 aliphatic rings. The van der Waals surface area contributed by atoms with Gasteiger partial charge < -0.3 is 15.5 Å². The highest BCUT2D eigenvalue weighted by atomic mass is 19.1. The van der Waals surface area contributed by atoms with Crippen LogP contribution < -0.4 is 15.5 Å². The first kappa shape index (κ1) is 25.3. The maximum absolute atomic E-state index is 13.9. The standard InChI is InChI=1S/C28H37FN4O2/c1-5-24(20-9-7-6-8-10-20)31-27(35)21-13-23(16-30-15-21)33-17-26(34)32(18-28(33,3)4)25-14-22(29)12-11-19(25)2/h6-12,14,21,23-24,30H,5,13,15-18H2,1-4H3,(H,31,35)/t21-,23+,24+/m0/s1. The van der Waals surface area contributed by atoms with Crippen LogP contribution in [0.3, 0.4) is 0 Å². The molecule has 0 bridgehead atoms. The Morgan fingerprint density at radius 3 is 2.66 bits per heavy atom. The summed E-state index contributed by atoms with van der Waals surface area (Å²) in [5, 5.41) is 6.67. The lowest BCUT2D eigenvalue weighted by molar-refractivity contribution is -0.129. The minimum Gasteiger partial charge on any atom is -0.349 e. The molecular formula is C28H37FN4O2. The Balaban J connectivity index is 1.45. The molecule has 2 amide bonds. The van der Waals surface area contributed by atoms with E-state index in [1.807, 2.05) is 37.3 Å². The predicted molar refractivity (Wildman–Crippen MR) is 137 cm³/mol. The smallest absolute Gasteiger partial charge is 0.241 e. The van der Waals surface area contributed by atoms with Gasteiger partial charge in [-0.3, -0.25) is 14.5 Å². The molecule has 0 radical (unpaired) electrons. The third-order valence-corrected chi connectivity index (χ3v) is 7.46. The molecule has 7 heteroatoms. The second-order valence-electron chi connectivity index (χ2n) is 10.5. The molecule has 3 atom stereocenters. The Bertz CT molecular complexity index is 1060. The summed E-state index contributed by atoms with van der Waals surface area (Å²) < 4.78 is 13.9. The summed E-state index contributed by atoms with van der Waals surface area (Å²) in [4.78, 5) is 30.4. The van der Waals surface area contributed by atoms with Gasteiger partial charge in [0.1, 0.15) is 5.82 Å². The number of amides is 2. The molecule has 2 aromatic rings. The van der Waals surface area contributed by atoms with Gasteiger partial charge in [-0.15, -0.1) is 0 Å². The van der Waals surface area contributed by atoms with Crippen LogP contribution >= 0.6 is 0 Å². The number of nitrogens with zero attached hydrogens (tertiary/aromatic N) is 2. The zero-order valence-electron chi connectivity index (χ0n) is 21.2. The molecule has 4 rings (SSSR count). The molecule has 2 aliphatic heterocycles. The monoisotopic (exact) mass is 480 g/mol. The first-order chi connectivity index (χ1) is 16.7. The third-order valence-electron chi connectivity index (χ3n) is 7.46. The molecular weight excluding hydrogens is 443 g/mol. The van der Waals surface area contributed by atoms with Crippen LogP contribution in [-0.2, 0) is 9.59 Å². The van der Waals surface area contributed by atoms with Crippen LogP contribution in [0.25, 0.3) is 0 Å². The number of anilines is 1.